The number of nitrogens with zero attached hydrogens (tertiary/aromatic N) is 1. The topological polar surface area (TPSA) is 84.9 Å². The standard InChI is InChI=1S/C20H24N2O5S/c1-4-20(23)22-10-9-15-11-14(5-7-17(15)22)13-21-28(24,25)16-6-8-18(26-2)19(12-16)27-3/h5-8,11-12,21H,4,9-10,13H2,1-3H3. The van der Waals surface area contributed by atoms with Gasteiger partial charge in [-0.1, -0.05) is 19.1 Å². The Morgan fingerprint density at radius 1 is 1.11 bits per heavy atom. The van der Waals surface area contributed by atoms with Crippen LogP contribution in [0, 0.1) is 0 Å². The van der Waals surface area contributed by atoms with E-state index in [1.54, 1.807) is 11.0 Å². The van der Waals surface area contributed by atoms with Crippen molar-refractivity contribution in [2.24, 2.45) is 0 Å². The van der Waals surface area contributed by atoms with Crippen LogP contribution in [-0.2, 0) is 27.8 Å². The first kappa shape index (κ1) is 20.2. The largest absolute Gasteiger partial charge is 0.493 e. The molecule has 0 spiro atoms. The molecule has 28 heavy (non-hydrogen) atoms. The van der Waals surface area contributed by atoms with Crippen LogP contribution in [-0.4, -0.2) is 35.1 Å². The predicted octanol–water partition coefficient (Wildman–Crippen LogP) is 2.48. The van der Waals surface area contributed by atoms with Crippen molar-refractivity contribution in [3.8, 4) is 11.5 Å². The Hall–Kier alpha value is -2.58. The van der Waals surface area contributed by atoms with Crippen molar-refractivity contribution in [2.75, 3.05) is 25.7 Å². The average molecular weight is 404 g/mol. The van der Waals surface area contributed by atoms with Crippen LogP contribution in [0.2, 0.25) is 0 Å². The fourth-order valence-corrected chi connectivity index (χ4v) is 4.29. The minimum atomic E-state index is -3.71. The fraction of sp³-hybridized carbons (Fsp3) is 0.350. The maximum absolute atomic E-state index is 12.6. The van der Waals surface area contributed by atoms with Gasteiger partial charge >= 0.3 is 0 Å². The summed E-state index contributed by atoms with van der Waals surface area (Å²) in [5, 5.41) is 0. The number of ether oxygens (including phenoxy) is 2. The summed E-state index contributed by atoms with van der Waals surface area (Å²) in [5.74, 6) is 0.912. The molecule has 2 aromatic carbocycles. The number of methoxy groups -OCH3 is 2. The minimum Gasteiger partial charge on any atom is -0.493 e. The lowest BCUT2D eigenvalue weighted by Gasteiger charge is -2.16. The number of sulfonamides is 1. The molecule has 0 atom stereocenters. The second-order valence-electron chi connectivity index (χ2n) is 6.45. The third kappa shape index (κ3) is 3.98. The van der Waals surface area contributed by atoms with E-state index in [4.69, 9.17) is 9.47 Å². The Labute approximate surface area is 165 Å². The van der Waals surface area contributed by atoms with Crippen LogP contribution in [0.1, 0.15) is 24.5 Å². The van der Waals surface area contributed by atoms with Gasteiger partial charge in [0.1, 0.15) is 0 Å². The predicted molar refractivity (Wildman–Crippen MR) is 106 cm³/mol. The molecule has 1 aliphatic rings. The molecule has 0 radical (unpaired) electrons. The van der Waals surface area contributed by atoms with E-state index in [9.17, 15) is 13.2 Å². The molecular weight excluding hydrogens is 380 g/mol. The van der Waals surface area contributed by atoms with Crippen molar-refractivity contribution >= 4 is 21.6 Å². The lowest BCUT2D eigenvalue weighted by molar-refractivity contribution is -0.118. The highest BCUT2D eigenvalue weighted by atomic mass is 32.2. The summed E-state index contributed by atoms with van der Waals surface area (Å²) in [6.45, 7) is 2.67. The molecule has 0 aliphatic carbocycles. The van der Waals surface area contributed by atoms with E-state index in [-0.39, 0.29) is 17.3 Å². The lowest BCUT2D eigenvalue weighted by atomic mass is 10.1. The van der Waals surface area contributed by atoms with Crippen LogP contribution in [0.15, 0.2) is 41.3 Å². The highest BCUT2D eigenvalue weighted by molar-refractivity contribution is 7.89. The van der Waals surface area contributed by atoms with Crippen LogP contribution in [0.25, 0.3) is 0 Å². The Morgan fingerprint density at radius 2 is 1.86 bits per heavy atom. The molecule has 1 aliphatic heterocycles. The zero-order valence-corrected chi connectivity index (χ0v) is 17.0. The smallest absolute Gasteiger partial charge is 0.241 e. The molecule has 1 N–H and O–H groups in total. The van der Waals surface area contributed by atoms with Crippen LogP contribution < -0.4 is 19.1 Å². The third-order valence-corrected chi connectivity index (χ3v) is 6.17. The summed E-state index contributed by atoms with van der Waals surface area (Å²) in [7, 11) is -0.758. The molecule has 2 aromatic rings. The lowest BCUT2D eigenvalue weighted by Crippen LogP contribution is -2.27. The summed E-state index contributed by atoms with van der Waals surface area (Å²) in [6, 6.07) is 10.1. The van der Waals surface area contributed by atoms with E-state index in [0.29, 0.717) is 24.5 Å². The average Bonchev–Trinajstić information content (AvgIpc) is 3.14. The SMILES string of the molecule is CCC(=O)N1CCc2cc(CNS(=O)(=O)c3ccc(OC)c(OC)c3)ccc21. The molecule has 150 valence electrons. The number of carbonyl (C=O) groups excluding carboxylic acids is 1. The van der Waals surface area contributed by atoms with E-state index in [1.165, 1.54) is 26.4 Å². The summed E-state index contributed by atoms with van der Waals surface area (Å²) in [5.41, 5.74) is 2.82. The number of hydrogen-bond donors (Lipinski definition) is 1. The Kier molecular flexibility index (Phi) is 5.90. The summed E-state index contributed by atoms with van der Waals surface area (Å²) in [4.78, 5) is 13.9. The van der Waals surface area contributed by atoms with Crippen molar-refractivity contribution in [2.45, 2.75) is 31.2 Å². The van der Waals surface area contributed by atoms with E-state index in [0.717, 1.165) is 23.2 Å². The maximum Gasteiger partial charge on any atom is 0.241 e. The van der Waals surface area contributed by atoms with E-state index in [1.807, 2.05) is 25.1 Å². The molecule has 3 rings (SSSR count). The Bertz CT molecular complexity index is 988. The molecule has 0 saturated heterocycles. The first-order valence-corrected chi connectivity index (χ1v) is 10.5. The van der Waals surface area contributed by atoms with Gasteiger partial charge in [-0.2, -0.15) is 0 Å². The number of anilines is 1. The number of amides is 1. The molecule has 7 nitrogen and oxygen atoms in total. The highest BCUT2D eigenvalue weighted by Gasteiger charge is 2.24. The van der Waals surface area contributed by atoms with E-state index < -0.39 is 10.0 Å². The summed E-state index contributed by atoms with van der Waals surface area (Å²) in [6.07, 6.45) is 1.24. The quantitative estimate of drug-likeness (QED) is 0.766. The summed E-state index contributed by atoms with van der Waals surface area (Å²) < 4.78 is 38.2. The first-order valence-electron chi connectivity index (χ1n) is 9.03. The van der Waals surface area contributed by atoms with Gasteiger partial charge in [-0.25, -0.2) is 13.1 Å². The number of nitrogens with one attached hydrogen (secondary N) is 1. The van der Waals surface area contributed by atoms with Crippen LogP contribution in [0.3, 0.4) is 0 Å². The van der Waals surface area contributed by atoms with Crippen molar-refractivity contribution < 1.29 is 22.7 Å². The molecule has 0 unspecified atom stereocenters. The molecule has 0 bridgehead atoms. The normalized spacial score (nSPS) is 13.3. The molecule has 1 heterocycles. The van der Waals surface area contributed by atoms with Gasteiger partial charge < -0.3 is 14.4 Å². The van der Waals surface area contributed by atoms with Gasteiger partial charge in [0.05, 0.1) is 19.1 Å². The van der Waals surface area contributed by atoms with E-state index in [2.05, 4.69) is 4.72 Å². The van der Waals surface area contributed by atoms with Gasteiger partial charge in [0.2, 0.25) is 15.9 Å². The highest BCUT2D eigenvalue weighted by Crippen LogP contribution is 2.31. The fourth-order valence-electron chi connectivity index (χ4n) is 3.26. The van der Waals surface area contributed by atoms with Crippen molar-refractivity contribution in [3.63, 3.8) is 0 Å². The molecule has 8 heteroatoms. The van der Waals surface area contributed by atoms with Crippen LogP contribution in [0.5, 0.6) is 11.5 Å². The number of benzene rings is 2. The number of hydrogen-bond acceptors (Lipinski definition) is 5. The van der Waals surface area contributed by atoms with Gasteiger partial charge in [0.25, 0.3) is 0 Å². The third-order valence-electron chi connectivity index (χ3n) is 4.77. The van der Waals surface area contributed by atoms with E-state index >= 15 is 0 Å². The second-order valence-corrected chi connectivity index (χ2v) is 8.22. The first-order chi connectivity index (χ1) is 13.4. The molecular formula is C20H24N2O5S. The van der Waals surface area contributed by atoms with Gasteiger partial charge in [-0.05, 0) is 35.7 Å². The van der Waals surface area contributed by atoms with Crippen LogP contribution in [0.4, 0.5) is 5.69 Å². The maximum atomic E-state index is 12.6. The summed E-state index contributed by atoms with van der Waals surface area (Å²) >= 11 is 0. The van der Waals surface area contributed by atoms with Gasteiger partial charge in [-0.15, -0.1) is 0 Å². The monoisotopic (exact) mass is 404 g/mol. The molecule has 0 aromatic heterocycles. The Balaban J connectivity index is 1.74. The minimum absolute atomic E-state index is 0.0978. The second kappa shape index (κ2) is 8.20. The van der Waals surface area contributed by atoms with Gasteiger partial charge in [-0.3, -0.25) is 4.79 Å². The van der Waals surface area contributed by atoms with Crippen LogP contribution >= 0.6 is 0 Å². The van der Waals surface area contributed by atoms with Crippen molar-refractivity contribution in [1.82, 2.24) is 4.72 Å². The molecule has 0 fully saturated rings. The Morgan fingerprint density at radius 3 is 2.54 bits per heavy atom. The van der Waals surface area contributed by atoms with Gasteiger partial charge in [0.15, 0.2) is 11.5 Å². The molecule has 0 saturated carbocycles. The number of rotatable bonds is 7. The zero-order valence-electron chi connectivity index (χ0n) is 16.2. The zero-order chi connectivity index (χ0) is 20.3. The number of carbonyl (C=O) groups is 1. The van der Waals surface area contributed by atoms with Crippen molar-refractivity contribution in [3.05, 3.63) is 47.5 Å². The molecule has 1 amide bonds. The van der Waals surface area contributed by atoms with Crippen molar-refractivity contribution in [1.29, 1.82) is 0 Å². The number of fused-ring (bicyclic) bond motifs is 1. The van der Waals surface area contributed by atoms with Gasteiger partial charge in [0, 0.05) is 31.3 Å².